The van der Waals surface area contributed by atoms with Crippen LogP contribution in [0.25, 0.3) is 0 Å². The van der Waals surface area contributed by atoms with Crippen molar-refractivity contribution in [2.24, 2.45) is 0 Å². The fraction of sp³-hybridized carbons (Fsp3) is 0.400. The van der Waals surface area contributed by atoms with E-state index in [1.54, 1.807) is 6.08 Å². The van der Waals surface area contributed by atoms with Crippen molar-refractivity contribution in [2.75, 3.05) is 13.6 Å². The van der Waals surface area contributed by atoms with E-state index in [0.29, 0.717) is 6.54 Å². The second-order valence-electron chi connectivity index (χ2n) is 3.62. The van der Waals surface area contributed by atoms with Gasteiger partial charge in [0, 0.05) is 13.6 Å². The molecule has 0 aliphatic carbocycles. The normalized spacial score (nSPS) is 17.7. The van der Waals surface area contributed by atoms with Gasteiger partial charge in [-0.1, -0.05) is 17.3 Å². The highest BCUT2D eigenvalue weighted by Gasteiger charge is 2.18. The average Bonchev–Trinajstić information content (AvgIpc) is 3.05. The standard InChI is InChI=1S/C10H13N5O3/c1-11-10(17)8-14-7(18-15-8)5-13-9(16)6-3-2-4-12-6/h2-3,6,12H,4-5H2,1H3,(H,11,17)(H,13,16)/t6-/m1/s1. The van der Waals surface area contributed by atoms with Crippen molar-refractivity contribution in [3.05, 3.63) is 23.9 Å². The zero-order chi connectivity index (χ0) is 13.0. The lowest BCUT2D eigenvalue weighted by Gasteiger charge is -2.07. The maximum atomic E-state index is 11.6. The predicted molar refractivity (Wildman–Crippen MR) is 60.5 cm³/mol. The van der Waals surface area contributed by atoms with E-state index in [4.69, 9.17) is 4.52 Å². The molecule has 0 spiro atoms. The summed E-state index contributed by atoms with van der Waals surface area (Å²) in [5, 5.41) is 11.5. The van der Waals surface area contributed by atoms with Gasteiger partial charge in [0.1, 0.15) is 6.04 Å². The van der Waals surface area contributed by atoms with E-state index < -0.39 is 5.91 Å². The molecule has 1 aromatic rings. The van der Waals surface area contributed by atoms with Crippen LogP contribution in [0.3, 0.4) is 0 Å². The maximum Gasteiger partial charge on any atom is 0.292 e. The van der Waals surface area contributed by atoms with Crippen LogP contribution in [0.1, 0.15) is 16.5 Å². The molecule has 2 heterocycles. The van der Waals surface area contributed by atoms with E-state index in [1.165, 1.54) is 7.05 Å². The molecule has 1 atom stereocenters. The molecule has 0 bridgehead atoms. The molecule has 0 unspecified atom stereocenters. The predicted octanol–water partition coefficient (Wildman–Crippen LogP) is -1.43. The Balaban J connectivity index is 1.86. The monoisotopic (exact) mass is 251 g/mol. The first-order valence-electron chi connectivity index (χ1n) is 5.43. The number of carbonyl (C=O) groups excluding carboxylic acids is 2. The van der Waals surface area contributed by atoms with Gasteiger partial charge < -0.3 is 15.2 Å². The van der Waals surface area contributed by atoms with Crippen molar-refractivity contribution >= 4 is 11.8 Å². The van der Waals surface area contributed by atoms with Crippen molar-refractivity contribution in [1.82, 2.24) is 26.1 Å². The van der Waals surface area contributed by atoms with Crippen LogP contribution < -0.4 is 16.0 Å². The summed E-state index contributed by atoms with van der Waals surface area (Å²) in [7, 11) is 1.47. The second kappa shape index (κ2) is 5.41. The molecule has 18 heavy (non-hydrogen) atoms. The van der Waals surface area contributed by atoms with Crippen LogP contribution in [0.2, 0.25) is 0 Å². The van der Waals surface area contributed by atoms with E-state index >= 15 is 0 Å². The topological polar surface area (TPSA) is 109 Å². The molecular formula is C10H13N5O3. The molecule has 1 aliphatic heterocycles. The SMILES string of the molecule is CNC(=O)c1noc(CNC(=O)[C@H]2C=CCN2)n1. The fourth-order valence-electron chi connectivity index (χ4n) is 1.45. The zero-order valence-corrected chi connectivity index (χ0v) is 9.77. The highest BCUT2D eigenvalue weighted by Crippen LogP contribution is 1.99. The molecule has 0 saturated heterocycles. The van der Waals surface area contributed by atoms with E-state index in [9.17, 15) is 9.59 Å². The lowest BCUT2D eigenvalue weighted by Crippen LogP contribution is -2.40. The number of carbonyl (C=O) groups is 2. The van der Waals surface area contributed by atoms with Crippen LogP contribution in [0.15, 0.2) is 16.7 Å². The fourth-order valence-corrected chi connectivity index (χ4v) is 1.45. The van der Waals surface area contributed by atoms with Crippen molar-refractivity contribution in [3.63, 3.8) is 0 Å². The van der Waals surface area contributed by atoms with Crippen LogP contribution in [0.5, 0.6) is 0 Å². The summed E-state index contributed by atoms with van der Waals surface area (Å²) in [6.45, 7) is 0.772. The Morgan fingerprint density at radius 3 is 3.11 bits per heavy atom. The smallest absolute Gasteiger partial charge is 0.292 e. The van der Waals surface area contributed by atoms with Gasteiger partial charge >= 0.3 is 0 Å². The molecular weight excluding hydrogens is 238 g/mol. The minimum atomic E-state index is -0.434. The Morgan fingerprint density at radius 1 is 1.61 bits per heavy atom. The molecule has 2 amide bonds. The van der Waals surface area contributed by atoms with Gasteiger partial charge in [-0.05, 0) is 0 Å². The van der Waals surface area contributed by atoms with Crippen LogP contribution in [0, 0.1) is 0 Å². The van der Waals surface area contributed by atoms with Gasteiger partial charge in [0.2, 0.25) is 11.8 Å². The molecule has 2 rings (SSSR count). The van der Waals surface area contributed by atoms with Gasteiger partial charge in [-0.3, -0.25) is 14.9 Å². The molecule has 3 N–H and O–H groups in total. The largest absolute Gasteiger partial charge is 0.352 e. The van der Waals surface area contributed by atoms with Crippen molar-refractivity contribution in [1.29, 1.82) is 0 Å². The number of hydrogen-bond donors (Lipinski definition) is 3. The van der Waals surface area contributed by atoms with Crippen molar-refractivity contribution in [3.8, 4) is 0 Å². The third-order valence-electron chi connectivity index (χ3n) is 2.38. The summed E-state index contributed by atoms with van der Waals surface area (Å²) >= 11 is 0. The lowest BCUT2D eigenvalue weighted by atomic mass is 10.3. The Morgan fingerprint density at radius 2 is 2.44 bits per heavy atom. The van der Waals surface area contributed by atoms with Crippen LogP contribution in [-0.2, 0) is 11.3 Å². The third-order valence-corrected chi connectivity index (χ3v) is 2.38. The Hall–Kier alpha value is -2.22. The van der Waals surface area contributed by atoms with E-state index in [2.05, 4.69) is 26.1 Å². The Kier molecular flexibility index (Phi) is 3.68. The lowest BCUT2D eigenvalue weighted by molar-refractivity contribution is -0.122. The third kappa shape index (κ3) is 2.72. The molecule has 8 heteroatoms. The number of aromatic nitrogens is 2. The molecule has 1 aliphatic rings. The minimum absolute atomic E-state index is 0.0550. The van der Waals surface area contributed by atoms with Gasteiger partial charge in [-0.15, -0.1) is 0 Å². The first kappa shape index (κ1) is 12.2. The van der Waals surface area contributed by atoms with E-state index in [0.717, 1.165) is 0 Å². The summed E-state index contributed by atoms with van der Waals surface area (Å²) in [6, 6.07) is -0.327. The first-order chi connectivity index (χ1) is 8.70. The van der Waals surface area contributed by atoms with Gasteiger partial charge in [-0.25, -0.2) is 0 Å². The number of nitrogens with one attached hydrogen (secondary N) is 3. The minimum Gasteiger partial charge on any atom is -0.352 e. The molecule has 0 fully saturated rings. The highest BCUT2D eigenvalue weighted by molar-refractivity contribution is 5.89. The zero-order valence-electron chi connectivity index (χ0n) is 9.77. The number of nitrogens with zero attached hydrogens (tertiary/aromatic N) is 2. The van der Waals surface area contributed by atoms with Gasteiger partial charge in [0.25, 0.3) is 11.7 Å². The molecule has 0 aromatic carbocycles. The summed E-state index contributed by atoms with van der Waals surface area (Å²) in [6.07, 6.45) is 3.65. The van der Waals surface area contributed by atoms with E-state index in [-0.39, 0.29) is 30.2 Å². The molecule has 0 radical (unpaired) electrons. The van der Waals surface area contributed by atoms with Crippen molar-refractivity contribution < 1.29 is 14.1 Å². The molecule has 96 valence electrons. The number of hydrogen-bond acceptors (Lipinski definition) is 6. The summed E-state index contributed by atoms with van der Waals surface area (Å²) in [4.78, 5) is 26.6. The maximum absolute atomic E-state index is 11.6. The van der Waals surface area contributed by atoms with Gasteiger partial charge in [-0.2, -0.15) is 4.98 Å². The first-order valence-corrected chi connectivity index (χ1v) is 5.43. The Labute approximate surface area is 103 Å². The molecule has 8 nitrogen and oxygen atoms in total. The van der Waals surface area contributed by atoms with Crippen LogP contribution >= 0.6 is 0 Å². The van der Waals surface area contributed by atoms with Gasteiger partial charge in [0.05, 0.1) is 6.54 Å². The second-order valence-corrected chi connectivity index (χ2v) is 3.62. The van der Waals surface area contributed by atoms with Crippen molar-refractivity contribution in [2.45, 2.75) is 12.6 Å². The highest BCUT2D eigenvalue weighted by atomic mass is 16.5. The molecule has 0 saturated carbocycles. The number of amides is 2. The summed E-state index contributed by atoms with van der Waals surface area (Å²) < 4.78 is 4.83. The van der Waals surface area contributed by atoms with Crippen LogP contribution in [0.4, 0.5) is 0 Å². The number of rotatable bonds is 4. The summed E-state index contributed by atoms with van der Waals surface area (Å²) in [5.74, 6) is -0.482. The van der Waals surface area contributed by atoms with Gasteiger partial charge in [0.15, 0.2) is 0 Å². The quantitative estimate of drug-likeness (QED) is 0.566. The van der Waals surface area contributed by atoms with Crippen LogP contribution in [-0.4, -0.2) is 41.6 Å². The molecule has 1 aromatic heterocycles. The Bertz CT molecular complexity index is 482. The van der Waals surface area contributed by atoms with E-state index in [1.807, 2.05) is 6.08 Å². The average molecular weight is 251 g/mol. The summed E-state index contributed by atoms with van der Waals surface area (Å²) in [5.41, 5.74) is 0.